The Morgan fingerprint density at radius 1 is 0.905 bits per heavy atom. The number of nitrogens with zero attached hydrogens (tertiary/aromatic N) is 1. The maximum atomic E-state index is 4.48. The van der Waals surface area contributed by atoms with Crippen LogP contribution in [-0.4, -0.2) is 11.0 Å². The average Bonchev–Trinajstić information content (AvgIpc) is 2.51. The molecule has 1 saturated carbocycles. The van der Waals surface area contributed by atoms with Crippen LogP contribution < -0.4 is 5.32 Å². The summed E-state index contributed by atoms with van der Waals surface area (Å²) in [6.07, 6.45) is 17.4. The number of hydrogen-bond donors (Lipinski definition) is 1. The molecule has 2 nitrogen and oxygen atoms in total. The van der Waals surface area contributed by atoms with E-state index in [1.165, 1.54) is 76.3 Å². The van der Waals surface area contributed by atoms with Crippen LogP contribution in [0.25, 0.3) is 0 Å². The molecule has 1 aliphatic rings. The molecule has 1 unspecified atom stereocenters. The predicted molar refractivity (Wildman–Crippen MR) is 90.4 cm³/mol. The van der Waals surface area contributed by atoms with Gasteiger partial charge in [0.2, 0.25) is 0 Å². The van der Waals surface area contributed by atoms with E-state index in [1.807, 2.05) is 12.3 Å². The van der Waals surface area contributed by atoms with E-state index in [4.69, 9.17) is 0 Å². The Balaban J connectivity index is 1.82. The number of aromatic nitrogens is 1. The van der Waals surface area contributed by atoms with Gasteiger partial charge in [-0.3, -0.25) is 4.98 Å². The van der Waals surface area contributed by atoms with Crippen molar-refractivity contribution in [1.29, 1.82) is 0 Å². The molecule has 0 radical (unpaired) electrons. The number of nitrogens with one attached hydrogen (secondary N) is 1. The Labute approximate surface area is 130 Å². The highest BCUT2D eigenvalue weighted by Crippen LogP contribution is 2.19. The highest BCUT2D eigenvalue weighted by atomic mass is 15.0. The topological polar surface area (TPSA) is 24.9 Å². The lowest BCUT2D eigenvalue weighted by Gasteiger charge is -2.23. The Morgan fingerprint density at radius 3 is 2.00 bits per heavy atom. The molecule has 0 saturated heterocycles. The maximum absolute atomic E-state index is 4.48. The SMILES string of the molecule is CC(NC1CCCCCCCCCCC1)c1ccccn1. The van der Waals surface area contributed by atoms with E-state index in [1.54, 1.807) is 0 Å². The summed E-state index contributed by atoms with van der Waals surface area (Å²) >= 11 is 0. The summed E-state index contributed by atoms with van der Waals surface area (Å²) < 4.78 is 0. The normalized spacial score (nSPS) is 21.2. The van der Waals surface area contributed by atoms with Crippen LogP contribution >= 0.6 is 0 Å². The second-order valence-corrected chi connectivity index (χ2v) is 6.60. The number of pyridine rings is 1. The van der Waals surface area contributed by atoms with Crippen molar-refractivity contribution in [2.75, 3.05) is 0 Å². The summed E-state index contributed by atoms with van der Waals surface area (Å²) in [4.78, 5) is 4.48. The monoisotopic (exact) mass is 288 g/mol. The Kier molecular flexibility index (Phi) is 7.80. The van der Waals surface area contributed by atoms with E-state index in [9.17, 15) is 0 Å². The lowest BCUT2D eigenvalue weighted by Crippen LogP contribution is -2.32. The Hall–Kier alpha value is -0.890. The molecule has 1 heterocycles. The Morgan fingerprint density at radius 2 is 1.48 bits per heavy atom. The molecule has 1 fully saturated rings. The van der Waals surface area contributed by atoms with E-state index in [0.717, 1.165) is 0 Å². The van der Waals surface area contributed by atoms with Gasteiger partial charge in [-0.2, -0.15) is 0 Å². The van der Waals surface area contributed by atoms with E-state index in [-0.39, 0.29) is 0 Å². The van der Waals surface area contributed by atoms with Crippen molar-refractivity contribution < 1.29 is 0 Å². The summed E-state index contributed by atoms with van der Waals surface area (Å²) in [5.41, 5.74) is 1.17. The van der Waals surface area contributed by atoms with Crippen molar-refractivity contribution >= 4 is 0 Å². The van der Waals surface area contributed by atoms with Crippen LogP contribution in [0.5, 0.6) is 0 Å². The highest BCUT2D eigenvalue weighted by Gasteiger charge is 2.14. The quantitative estimate of drug-likeness (QED) is 0.805. The van der Waals surface area contributed by atoms with Crippen molar-refractivity contribution in [3.8, 4) is 0 Å². The lowest BCUT2D eigenvalue weighted by molar-refractivity contribution is 0.372. The third-order valence-corrected chi connectivity index (χ3v) is 4.72. The Bertz CT molecular complexity index is 351. The molecule has 1 atom stereocenters. The summed E-state index contributed by atoms with van der Waals surface area (Å²) in [6, 6.07) is 7.24. The number of rotatable bonds is 3. The molecule has 0 aliphatic heterocycles. The van der Waals surface area contributed by atoms with Crippen molar-refractivity contribution in [2.45, 2.75) is 89.6 Å². The second-order valence-electron chi connectivity index (χ2n) is 6.60. The van der Waals surface area contributed by atoms with Crippen LogP contribution in [0.15, 0.2) is 24.4 Å². The zero-order valence-electron chi connectivity index (χ0n) is 13.7. The van der Waals surface area contributed by atoms with Crippen molar-refractivity contribution in [3.63, 3.8) is 0 Å². The second kappa shape index (κ2) is 9.94. The molecule has 0 amide bonds. The minimum Gasteiger partial charge on any atom is -0.306 e. The summed E-state index contributed by atoms with van der Waals surface area (Å²) in [5.74, 6) is 0. The van der Waals surface area contributed by atoms with Gasteiger partial charge in [0.1, 0.15) is 0 Å². The van der Waals surface area contributed by atoms with Crippen LogP contribution in [0.3, 0.4) is 0 Å². The van der Waals surface area contributed by atoms with Crippen molar-refractivity contribution in [3.05, 3.63) is 30.1 Å². The molecule has 0 spiro atoms. The van der Waals surface area contributed by atoms with Gasteiger partial charge in [-0.1, -0.05) is 63.9 Å². The van der Waals surface area contributed by atoms with Crippen molar-refractivity contribution in [1.82, 2.24) is 10.3 Å². The van der Waals surface area contributed by atoms with E-state index < -0.39 is 0 Å². The highest BCUT2D eigenvalue weighted by molar-refractivity contribution is 5.07. The molecule has 1 aliphatic carbocycles. The summed E-state index contributed by atoms with van der Waals surface area (Å²) in [7, 11) is 0. The molecule has 2 heteroatoms. The van der Waals surface area contributed by atoms with Crippen LogP contribution in [0.2, 0.25) is 0 Å². The van der Waals surface area contributed by atoms with Gasteiger partial charge in [0.05, 0.1) is 5.69 Å². The van der Waals surface area contributed by atoms with Gasteiger partial charge in [0.15, 0.2) is 0 Å². The first-order valence-corrected chi connectivity index (χ1v) is 9.03. The standard InChI is InChI=1S/C19H32N2/c1-17(19-15-11-12-16-20-19)21-18-13-9-7-5-3-2-4-6-8-10-14-18/h11-12,15-18,21H,2-10,13-14H2,1H3. The smallest absolute Gasteiger partial charge is 0.0570 e. The van der Waals surface area contributed by atoms with Crippen LogP contribution in [0, 0.1) is 0 Å². The molecule has 2 rings (SSSR count). The fraction of sp³-hybridized carbons (Fsp3) is 0.737. The van der Waals surface area contributed by atoms with E-state index in [2.05, 4.69) is 29.4 Å². The van der Waals surface area contributed by atoms with E-state index in [0.29, 0.717) is 12.1 Å². The summed E-state index contributed by atoms with van der Waals surface area (Å²) in [6.45, 7) is 2.25. The third kappa shape index (κ3) is 6.60. The molecule has 0 aromatic carbocycles. The molecule has 21 heavy (non-hydrogen) atoms. The van der Waals surface area contributed by atoms with Crippen molar-refractivity contribution in [2.24, 2.45) is 0 Å². The summed E-state index contributed by atoms with van der Waals surface area (Å²) in [5, 5.41) is 3.82. The van der Waals surface area contributed by atoms with Gasteiger partial charge in [0.25, 0.3) is 0 Å². The largest absolute Gasteiger partial charge is 0.306 e. The average molecular weight is 288 g/mol. The first-order chi connectivity index (χ1) is 10.4. The van der Waals surface area contributed by atoms with Gasteiger partial charge in [-0.15, -0.1) is 0 Å². The predicted octanol–water partition coefficient (Wildman–Crippen LogP) is 5.41. The third-order valence-electron chi connectivity index (χ3n) is 4.72. The first-order valence-electron chi connectivity index (χ1n) is 9.03. The minimum absolute atomic E-state index is 0.365. The van der Waals surface area contributed by atoms with E-state index >= 15 is 0 Å². The number of hydrogen-bond acceptors (Lipinski definition) is 2. The van der Waals surface area contributed by atoms with Gasteiger partial charge in [-0.05, 0) is 31.9 Å². The molecular weight excluding hydrogens is 256 g/mol. The molecule has 1 N–H and O–H groups in total. The van der Waals surface area contributed by atoms with Gasteiger partial charge < -0.3 is 5.32 Å². The van der Waals surface area contributed by atoms with Gasteiger partial charge >= 0.3 is 0 Å². The maximum Gasteiger partial charge on any atom is 0.0570 e. The van der Waals surface area contributed by atoms with Gasteiger partial charge in [0, 0.05) is 18.3 Å². The minimum atomic E-state index is 0.365. The van der Waals surface area contributed by atoms with Crippen LogP contribution in [0.1, 0.15) is 89.3 Å². The molecule has 1 aromatic heterocycles. The molecule has 1 aromatic rings. The van der Waals surface area contributed by atoms with Crippen LogP contribution in [-0.2, 0) is 0 Å². The molecular formula is C19H32N2. The van der Waals surface area contributed by atoms with Gasteiger partial charge in [-0.25, -0.2) is 0 Å². The zero-order valence-corrected chi connectivity index (χ0v) is 13.7. The van der Waals surface area contributed by atoms with Crippen LogP contribution in [0.4, 0.5) is 0 Å². The fourth-order valence-electron chi connectivity index (χ4n) is 3.40. The zero-order chi connectivity index (χ0) is 14.8. The fourth-order valence-corrected chi connectivity index (χ4v) is 3.40. The first kappa shape index (κ1) is 16.5. The molecule has 0 bridgehead atoms. The lowest BCUT2D eigenvalue weighted by atomic mass is 9.97. The molecule has 118 valence electrons.